The molecular formula is C16H16N2O4. The van der Waals surface area contributed by atoms with Crippen LogP contribution in [0.5, 0.6) is 11.5 Å². The molecule has 3 N–H and O–H groups in total. The molecule has 0 saturated carbocycles. The summed E-state index contributed by atoms with van der Waals surface area (Å²) in [5.41, 5.74) is 1.74. The molecule has 0 spiro atoms. The van der Waals surface area contributed by atoms with Gasteiger partial charge >= 0.3 is 0 Å². The van der Waals surface area contributed by atoms with E-state index < -0.39 is 5.91 Å². The SMILES string of the molecule is COc1cccc(C(=O)Nc2cccc(/C(C)=N/O)c2)c1O. The third-order valence-electron chi connectivity index (χ3n) is 3.15. The van der Waals surface area contributed by atoms with Crippen molar-refractivity contribution < 1.29 is 19.8 Å². The first-order valence-electron chi connectivity index (χ1n) is 6.53. The van der Waals surface area contributed by atoms with Crippen LogP contribution in [0.15, 0.2) is 47.6 Å². The van der Waals surface area contributed by atoms with E-state index in [1.165, 1.54) is 13.2 Å². The van der Waals surface area contributed by atoms with E-state index >= 15 is 0 Å². The van der Waals surface area contributed by atoms with Gasteiger partial charge in [-0.3, -0.25) is 4.79 Å². The molecule has 6 nitrogen and oxygen atoms in total. The number of phenols is 1. The van der Waals surface area contributed by atoms with E-state index in [2.05, 4.69) is 10.5 Å². The molecule has 0 radical (unpaired) electrons. The van der Waals surface area contributed by atoms with Crippen LogP contribution in [0.1, 0.15) is 22.8 Å². The number of aromatic hydroxyl groups is 1. The number of hydrogen-bond acceptors (Lipinski definition) is 5. The Kier molecular flexibility index (Phi) is 4.63. The van der Waals surface area contributed by atoms with Crippen molar-refractivity contribution in [2.45, 2.75) is 6.92 Å². The Balaban J connectivity index is 2.26. The number of nitrogens with one attached hydrogen (secondary N) is 1. The van der Waals surface area contributed by atoms with Crippen LogP contribution < -0.4 is 10.1 Å². The summed E-state index contributed by atoms with van der Waals surface area (Å²) in [6.45, 7) is 1.65. The van der Waals surface area contributed by atoms with Crippen molar-refractivity contribution in [2.24, 2.45) is 5.16 Å². The molecule has 2 aromatic carbocycles. The average molecular weight is 300 g/mol. The lowest BCUT2D eigenvalue weighted by molar-refractivity contribution is 0.102. The highest BCUT2D eigenvalue weighted by atomic mass is 16.5. The quantitative estimate of drug-likeness (QED) is 0.460. The number of para-hydroxylation sites is 1. The zero-order valence-corrected chi connectivity index (χ0v) is 12.2. The number of hydrogen-bond donors (Lipinski definition) is 3. The molecule has 114 valence electrons. The van der Waals surface area contributed by atoms with Crippen molar-refractivity contribution in [1.82, 2.24) is 0 Å². The summed E-state index contributed by atoms with van der Waals surface area (Å²) in [4.78, 5) is 12.2. The molecule has 0 bridgehead atoms. The molecule has 0 aliphatic rings. The van der Waals surface area contributed by atoms with Gasteiger partial charge in [-0.1, -0.05) is 23.4 Å². The topological polar surface area (TPSA) is 91.2 Å². The van der Waals surface area contributed by atoms with Crippen LogP contribution in [0.2, 0.25) is 0 Å². The van der Waals surface area contributed by atoms with Gasteiger partial charge in [-0.25, -0.2) is 0 Å². The highest BCUT2D eigenvalue weighted by Gasteiger charge is 2.15. The van der Waals surface area contributed by atoms with Gasteiger partial charge < -0.3 is 20.4 Å². The van der Waals surface area contributed by atoms with Gasteiger partial charge in [-0.2, -0.15) is 0 Å². The van der Waals surface area contributed by atoms with E-state index in [9.17, 15) is 9.90 Å². The highest BCUT2D eigenvalue weighted by Crippen LogP contribution is 2.29. The molecule has 0 heterocycles. The average Bonchev–Trinajstić information content (AvgIpc) is 2.54. The standard InChI is InChI=1S/C16H16N2O4/c1-10(18-21)11-5-3-6-12(9-11)17-16(20)13-7-4-8-14(22-2)15(13)19/h3-9,19,21H,1-2H3,(H,17,20)/b18-10+. The van der Waals surface area contributed by atoms with Crippen molar-refractivity contribution in [1.29, 1.82) is 0 Å². The van der Waals surface area contributed by atoms with Gasteiger partial charge in [0.25, 0.3) is 5.91 Å². The number of oxime groups is 1. The van der Waals surface area contributed by atoms with E-state index in [4.69, 9.17) is 9.94 Å². The first kappa shape index (κ1) is 15.4. The van der Waals surface area contributed by atoms with Gasteiger partial charge in [0.1, 0.15) is 0 Å². The van der Waals surface area contributed by atoms with Crippen molar-refractivity contribution in [3.63, 3.8) is 0 Å². The molecule has 0 unspecified atom stereocenters. The zero-order chi connectivity index (χ0) is 16.1. The van der Waals surface area contributed by atoms with Crippen LogP contribution in [0.4, 0.5) is 5.69 Å². The van der Waals surface area contributed by atoms with E-state index in [0.29, 0.717) is 17.0 Å². The van der Waals surface area contributed by atoms with Crippen molar-refractivity contribution in [3.05, 3.63) is 53.6 Å². The van der Waals surface area contributed by atoms with Gasteiger partial charge in [-0.05, 0) is 31.2 Å². The fourth-order valence-electron chi connectivity index (χ4n) is 1.95. The van der Waals surface area contributed by atoms with Crippen molar-refractivity contribution in [3.8, 4) is 11.5 Å². The normalized spacial score (nSPS) is 11.1. The molecule has 0 atom stereocenters. The first-order chi connectivity index (χ1) is 10.6. The lowest BCUT2D eigenvalue weighted by Crippen LogP contribution is -2.12. The summed E-state index contributed by atoms with van der Waals surface area (Å²) in [5, 5.41) is 24.6. The molecule has 1 amide bonds. The summed E-state index contributed by atoms with van der Waals surface area (Å²) < 4.78 is 4.98. The number of methoxy groups -OCH3 is 1. The molecule has 2 rings (SSSR count). The van der Waals surface area contributed by atoms with Crippen LogP contribution >= 0.6 is 0 Å². The summed E-state index contributed by atoms with van der Waals surface area (Å²) >= 11 is 0. The number of ether oxygens (including phenoxy) is 1. The predicted molar refractivity (Wildman–Crippen MR) is 83.1 cm³/mol. The van der Waals surface area contributed by atoms with Crippen LogP contribution in [0.25, 0.3) is 0 Å². The molecule has 2 aromatic rings. The number of rotatable bonds is 4. The van der Waals surface area contributed by atoms with Gasteiger partial charge in [0, 0.05) is 11.3 Å². The maximum Gasteiger partial charge on any atom is 0.259 e. The number of phenolic OH excluding ortho intramolecular Hbond substituents is 1. The molecule has 0 fully saturated rings. The van der Waals surface area contributed by atoms with E-state index in [1.54, 1.807) is 43.3 Å². The lowest BCUT2D eigenvalue weighted by Gasteiger charge is -2.10. The Morgan fingerprint density at radius 3 is 2.64 bits per heavy atom. The van der Waals surface area contributed by atoms with E-state index in [1.807, 2.05) is 0 Å². The van der Waals surface area contributed by atoms with E-state index in [-0.39, 0.29) is 17.1 Å². The number of benzene rings is 2. The van der Waals surface area contributed by atoms with Crippen LogP contribution in [0, 0.1) is 0 Å². The predicted octanol–water partition coefficient (Wildman–Crippen LogP) is 2.85. The number of carbonyl (C=O) groups excluding carboxylic acids is 1. The summed E-state index contributed by atoms with van der Waals surface area (Å²) in [7, 11) is 1.41. The second-order valence-corrected chi connectivity index (χ2v) is 4.58. The molecule has 0 aliphatic heterocycles. The summed E-state index contributed by atoms with van der Waals surface area (Å²) in [5.74, 6) is -0.455. The second kappa shape index (κ2) is 6.62. The number of carbonyl (C=O) groups is 1. The minimum absolute atomic E-state index is 0.109. The molecule has 0 aliphatic carbocycles. The Morgan fingerprint density at radius 1 is 1.23 bits per heavy atom. The smallest absolute Gasteiger partial charge is 0.259 e. The minimum Gasteiger partial charge on any atom is -0.504 e. The molecular weight excluding hydrogens is 284 g/mol. The Hall–Kier alpha value is -3.02. The van der Waals surface area contributed by atoms with Crippen molar-refractivity contribution in [2.75, 3.05) is 12.4 Å². The lowest BCUT2D eigenvalue weighted by atomic mass is 10.1. The second-order valence-electron chi connectivity index (χ2n) is 4.58. The fraction of sp³-hybridized carbons (Fsp3) is 0.125. The first-order valence-corrected chi connectivity index (χ1v) is 6.53. The summed E-state index contributed by atoms with van der Waals surface area (Å²) in [6.07, 6.45) is 0. The number of amides is 1. The largest absolute Gasteiger partial charge is 0.504 e. The number of anilines is 1. The van der Waals surface area contributed by atoms with Crippen LogP contribution in [-0.2, 0) is 0 Å². The Morgan fingerprint density at radius 2 is 1.95 bits per heavy atom. The fourth-order valence-corrected chi connectivity index (χ4v) is 1.95. The Labute approximate surface area is 127 Å². The van der Waals surface area contributed by atoms with Crippen LogP contribution in [0.3, 0.4) is 0 Å². The summed E-state index contributed by atoms with van der Waals surface area (Å²) in [6, 6.07) is 11.5. The van der Waals surface area contributed by atoms with E-state index in [0.717, 1.165) is 0 Å². The Bertz CT molecular complexity index is 726. The van der Waals surface area contributed by atoms with Gasteiger partial charge in [0.15, 0.2) is 11.5 Å². The van der Waals surface area contributed by atoms with Gasteiger partial charge in [0.2, 0.25) is 0 Å². The maximum atomic E-state index is 12.2. The molecule has 6 heteroatoms. The molecule has 22 heavy (non-hydrogen) atoms. The molecule has 0 saturated heterocycles. The maximum absolute atomic E-state index is 12.2. The van der Waals surface area contributed by atoms with Gasteiger partial charge in [-0.15, -0.1) is 0 Å². The number of nitrogens with zero attached hydrogens (tertiary/aromatic N) is 1. The zero-order valence-electron chi connectivity index (χ0n) is 12.2. The highest BCUT2D eigenvalue weighted by molar-refractivity contribution is 6.07. The minimum atomic E-state index is -0.466. The third kappa shape index (κ3) is 3.17. The van der Waals surface area contributed by atoms with Crippen molar-refractivity contribution >= 4 is 17.3 Å². The molecule has 0 aromatic heterocycles. The monoisotopic (exact) mass is 300 g/mol. The third-order valence-corrected chi connectivity index (χ3v) is 3.15. The van der Waals surface area contributed by atoms with Crippen LogP contribution in [-0.4, -0.2) is 29.0 Å². The van der Waals surface area contributed by atoms with Gasteiger partial charge in [0.05, 0.1) is 18.4 Å².